The van der Waals surface area contributed by atoms with E-state index in [4.69, 9.17) is 0 Å². The highest BCUT2D eigenvalue weighted by atomic mass is 14.0. The summed E-state index contributed by atoms with van der Waals surface area (Å²) < 4.78 is 0. The molecule has 0 aliphatic heterocycles. The van der Waals surface area contributed by atoms with Crippen LogP contribution in [0.1, 0.15) is 272 Å². The highest BCUT2D eigenvalue weighted by molar-refractivity contribution is 4.81. The molecule has 0 N–H and O–H groups in total. The summed E-state index contributed by atoms with van der Waals surface area (Å²) >= 11 is 0. The van der Waals surface area contributed by atoms with Gasteiger partial charge in [0.1, 0.15) is 0 Å². The van der Waals surface area contributed by atoms with E-state index in [-0.39, 0.29) is 0 Å². The predicted octanol–water partition coefficient (Wildman–Crippen LogP) is 17.4. The largest absolute Gasteiger partial charge is 0.0885 e. The first-order chi connectivity index (χ1) is 21.8. The Morgan fingerprint density at radius 1 is 0.182 bits per heavy atom. The minimum Gasteiger partial charge on any atom is -0.0885 e. The summed E-state index contributed by atoms with van der Waals surface area (Å²) in [5.41, 5.74) is 0. The molecule has 0 aromatic heterocycles. The third kappa shape index (κ3) is 48.6. The SMILES string of the molecule is CCCCCCCC/C=C\CCCCCCCCCCC.CCCCCCCCCCCCCCCCCCCCCCC. The third-order valence-corrected chi connectivity index (χ3v) is 9.57. The van der Waals surface area contributed by atoms with Gasteiger partial charge in [0, 0.05) is 0 Å². The maximum absolute atomic E-state index is 2.42. The van der Waals surface area contributed by atoms with Crippen molar-refractivity contribution in [3.8, 4) is 0 Å². The molecule has 0 heterocycles. The lowest BCUT2D eigenvalue weighted by Crippen LogP contribution is -1.84. The lowest BCUT2D eigenvalue weighted by Gasteiger charge is -2.04. The van der Waals surface area contributed by atoms with Gasteiger partial charge in [-0.15, -0.1) is 0 Å². The van der Waals surface area contributed by atoms with Crippen LogP contribution in [0.15, 0.2) is 12.2 Å². The van der Waals surface area contributed by atoms with Crippen LogP contribution in [0.4, 0.5) is 0 Å². The van der Waals surface area contributed by atoms with E-state index in [1.807, 2.05) is 0 Å². The Morgan fingerprint density at radius 2 is 0.318 bits per heavy atom. The van der Waals surface area contributed by atoms with Crippen LogP contribution in [0.25, 0.3) is 0 Å². The Bertz CT molecular complexity index is 443. The third-order valence-electron chi connectivity index (χ3n) is 9.57. The van der Waals surface area contributed by atoms with Crippen molar-refractivity contribution in [3.05, 3.63) is 12.2 Å². The van der Waals surface area contributed by atoms with Gasteiger partial charge in [-0.2, -0.15) is 0 Å². The monoisotopic (exact) mass is 619 g/mol. The molecule has 266 valence electrons. The first-order valence-corrected chi connectivity index (χ1v) is 21.5. The van der Waals surface area contributed by atoms with Crippen molar-refractivity contribution in [2.24, 2.45) is 0 Å². The van der Waals surface area contributed by atoms with Gasteiger partial charge in [0.25, 0.3) is 0 Å². The van der Waals surface area contributed by atoms with Crippen LogP contribution in [-0.2, 0) is 0 Å². The van der Waals surface area contributed by atoms with Crippen molar-refractivity contribution < 1.29 is 0 Å². The number of rotatable bonds is 37. The zero-order valence-corrected chi connectivity index (χ0v) is 32.0. The summed E-state index contributed by atoms with van der Waals surface area (Å²) in [6.07, 6.45) is 59.8. The van der Waals surface area contributed by atoms with Crippen molar-refractivity contribution >= 4 is 0 Å². The van der Waals surface area contributed by atoms with Crippen LogP contribution >= 0.6 is 0 Å². The molecule has 0 nitrogen and oxygen atoms in total. The van der Waals surface area contributed by atoms with Gasteiger partial charge < -0.3 is 0 Å². The first-order valence-electron chi connectivity index (χ1n) is 21.5. The Hall–Kier alpha value is -0.260. The summed E-state index contributed by atoms with van der Waals surface area (Å²) in [7, 11) is 0. The molecule has 0 heteroatoms. The zero-order valence-electron chi connectivity index (χ0n) is 32.0. The second-order valence-corrected chi connectivity index (χ2v) is 14.4. The van der Waals surface area contributed by atoms with Crippen molar-refractivity contribution in [3.63, 3.8) is 0 Å². The average molecular weight is 619 g/mol. The predicted molar refractivity (Wildman–Crippen MR) is 207 cm³/mol. The molecule has 0 radical (unpaired) electrons. The highest BCUT2D eigenvalue weighted by Gasteiger charge is 1.96. The van der Waals surface area contributed by atoms with Gasteiger partial charge in [0.05, 0.1) is 0 Å². The molecule has 0 amide bonds. The molecule has 0 atom stereocenters. The van der Waals surface area contributed by atoms with E-state index in [2.05, 4.69) is 39.8 Å². The molecule has 0 aliphatic carbocycles. The van der Waals surface area contributed by atoms with Gasteiger partial charge in [-0.3, -0.25) is 0 Å². The van der Waals surface area contributed by atoms with Gasteiger partial charge in [-0.05, 0) is 25.7 Å². The average Bonchev–Trinajstić information content (AvgIpc) is 3.04. The van der Waals surface area contributed by atoms with Gasteiger partial charge in [-0.25, -0.2) is 0 Å². The van der Waals surface area contributed by atoms with E-state index >= 15 is 0 Å². The Balaban J connectivity index is 0. The minimum absolute atomic E-state index is 1.31. The van der Waals surface area contributed by atoms with Crippen molar-refractivity contribution in [1.29, 1.82) is 0 Å². The molecular weight excluding hydrogens is 528 g/mol. The number of unbranched alkanes of at least 4 members (excludes halogenated alkanes) is 35. The minimum atomic E-state index is 1.31. The van der Waals surface area contributed by atoms with Crippen molar-refractivity contribution in [2.75, 3.05) is 0 Å². The standard InChI is InChI=1S/C23H48.C21H42/c1-3-5-7-9-11-13-15-17-19-21-23-22-20-18-16-14-12-10-8-6-4-2;1-3-5-7-9-11-13-15-17-19-21-20-18-16-14-12-10-8-6-4-2/h3-23H2,1-2H3;17,19H,3-16,18,20-21H2,1-2H3/b;19-17-. The maximum atomic E-state index is 2.42. The topological polar surface area (TPSA) is 0 Å². The van der Waals surface area contributed by atoms with E-state index in [1.165, 1.54) is 244 Å². The molecule has 44 heavy (non-hydrogen) atoms. The summed E-state index contributed by atoms with van der Waals surface area (Å²) in [6, 6.07) is 0. The van der Waals surface area contributed by atoms with Crippen LogP contribution < -0.4 is 0 Å². The fraction of sp³-hybridized carbons (Fsp3) is 0.955. The van der Waals surface area contributed by atoms with E-state index in [0.29, 0.717) is 0 Å². The summed E-state index contributed by atoms with van der Waals surface area (Å²) in [4.78, 5) is 0. The molecule has 0 unspecified atom stereocenters. The summed E-state index contributed by atoms with van der Waals surface area (Å²) in [5.74, 6) is 0. The lowest BCUT2D eigenvalue weighted by atomic mass is 10.0. The molecule has 0 aliphatic rings. The molecular formula is C44H90. The molecule has 0 spiro atoms. The van der Waals surface area contributed by atoms with Gasteiger partial charge in [0.2, 0.25) is 0 Å². The van der Waals surface area contributed by atoms with Crippen LogP contribution in [0, 0.1) is 0 Å². The quantitative estimate of drug-likeness (QED) is 0.0480. The van der Waals surface area contributed by atoms with Crippen LogP contribution in [0.5, 0.6) is 0 Å². The molecule has 0 aromatic rings. The summed E-state index contributed by atoms with van der Waals surface area (Å²) in [5, 5.41) is 0. The Labute approximate surface area is 283 Å². The van der Waals surface area contributed by atoms with Gasteiger partial charge in [-0.1, -0.05) is 258 Å². The van der Waals surface area contributed by atoms with E-state index < -0.39 is 0 Å². The molecule has 0 fully saturated rings. The lowest BCUT2D eigenvalue weighted by molar-refractivity contribution is 0.521. The fourth-order valence-electron chi connectivity index (χ4n) is 6.36. The summed E-state index contributed by atoms with van der Waals surface area (Å²) in [6.45, 7) is 9.18. The number of hydrogen-bond acceptors (Lipinski definition) is 0. The second kappa shape index (κ2) is 47.2. The maximum Gasteiger partial charge on any atom is -0.0351 e. The fourth-order valence-corrected chi connectivity index (χ4v) is 6.36. The number of hydrogen-bond donors (Lipinski definition) is 0. The van der Waals surface area contributed by atoms with Gasteiger partial charge in [0.15, 0.2) is 0 Å². The van der Waals surface area contributed by atoms with Crippen molar-refractivity contribution in [1.82, 2.24) is 0 Å². The van der Waals surface area contributed by atoms with Crippen LogP contribution in [-0.4, -0.2) is 0 Å². The molecule has 0 saturated heterocycles. The highest BCUT2D eigenvalue weighted by Crippen LogP contribution is 2.15. The Morgan fingerprint density at radius 3 is 0.477 bits per heavy atom. The van der Waals surface area contributed by atoms with E-state index in [9.17, 15) is 0 Å². The van der Waals surface area contributed by atoms with Gasteiger partial charge >= 0.3 is 0 Å². The second-order valence-electron chi connectivity index (χ2n) is 14.4. The molecule has 0 bridgehead atoms. The molecule has 0 aromatic carbocycles. The molecule has 0 saturated carbocycles. The zero-order chi connectivity index (χ0) is 32.3. The van der Waals surface area contributed by atoms with Crippen LogP contribution in [0.3, 0.4) is 0 Å². The van der Waals surface area contributed by atoms with E-state index in [0.717, 1.165) is 0 Å². The van der Waals surface area contributed by atoms with Crippen LogP contribution in [0.2, 0.25) is 0 Å². The van der Waals surface area contributed by atoms with Crippen molar-refractivity contribution in [2.45, 2.75) is 272 Å². The number of allylic oxidation sites excluding steroid dienone is 2. The Kier molecular flexibility index (Phi) is 49.1. The smallest absolute Gasteiger partial charge is 0.0351 e. The normalized spacial score (nSPS) is 11.4. The first kappa shape index (κ1) is 45.9. The molecule has 0 rings (SSSR count). The van der Waals surface area contributed by atoms with E-state index in [1.54, 1.807) is 0 Å².